The van der Waals surface area contributed by atoms with Gasteiger partial charge in [-0.3, -0.25) is 9.69 Å². The molecule has 3 aliphatic heterocycles. The lowest BCUT2D eigenvalue weighted by molar-refractivity contribution is -0.116. The fraction of sp³-hybridized carbons (Fsp3) is 0.414. The number of nitrogens with zero attached hydrogens (tertiary/aromatic N) is 1. The van der Waals surface area contributed by atoms with Crippen molar-refractivity contribution in [1.29, 1.82) is 0 Å². The van der Waals surface area contributed by atoms with E-state index < -0.39 is 0 Å². The summed E-state index contributed by atoms with van der Waals surface area (Å²) < 4.78 is 11.9. The first-order valence-corrected chi connectivity index (χ1v) is 12.5. The quantitative estimate of drug-likeness (QED) is 0.644. The molecule has 1 amide bonds. The van der Waals surface area contributed by atoms with Crippen LogP contribution in [0.15, 0.2) is 66.4 Å². The van der Waals surface area contributed by atoms with Gasteiger partial charge in [0.2, 0.25) is 0 Å². The third-order valence-electron chi connectivity index (χ3n) is 6.97. The van der Waals surface area contributed by atoms with Gasteiger partial charge in [0.25, 0.3) is 5.91 Å². The highest BCUT2D eigenvalue weighted by atomic mass is 16.5. The van der Waals surface area contributed by atoms with Crippen molar-refractivity contribution in [2.75, 3.05) is 25.0 Å². The van der Waals surface area contributed by atoms with Crippen molar-refractivity contribution >= 4 is 11.6 Å². The second-order valence-corrected chi connectivity index (χ2v) is 9.34. The molecule has 0 aromatic heterocycles. The summed E-state index contributed by atoms with van der Waals surface area (Å²) >= 11 is 0. The van der Waals surface area contributed by atoms with Gasteiger partial charge >= 0.3 is 0 Å². The summed E-state index contributed by atoms with van der Waals surface area (Å²) in [5.41, 5.74) is 1.66. The fourth-order valence-corrected chi connectivity index (χ4v) is 5.19. The molecule has 5 rings (SSSR count). The minimum atomic E-state index is -0.295. The Morgan fingerprint density at radius 3 is 2.71 bits per heavy atom. The van der Waals surface area contributed by atoms with Crippen molar-refractivity contribution < 1.29 is 14.3 Å². The molecule has 0 aliphatic carbocycles. The summed E-state index contributed by atoms with van der Waals surface area (Å²) in [5.74, 6) is 7.71. The first-order valence-electron chi connectivity index (χ1n) is 12.5. The predicted octanol–water partition coefficient (Wildman–Crippen LogP) is 4.99. The summed E-state index contributed by atoms with van der Waals surface area (Å²) in [7, 11) is 0. The fourth-order valence-electron chi connectivity index (χ4n) is 5.19. The van der Waals surface area contributed by atoms with E-state index in [0.717, 1.165) is 23.6 Å². The Labute approximate surface area is 202 Å². The number of benzene rings is 2. The normalized spacial score (nSPS) is 24.1. The van der Waals surface area contributed by atoms with Gasteiger partial charge in [0.15, 0.2) is 11.9 Å². The smallest absolute Gasteiger partial charge is 0.290 e. The Kier molecular flexibility index (Phi) is 7.16. The summed E-state index contributed by atoms with van der Waals surface area (Å²) in [6.45, 7) is 3.26. The minimum Gasteiger partial charge on any atom is -0.493 e. The van der Waals surface area contributed by atoms with Crippen LogP contribution in [0.3, 0.4) is 0 Å². The van der Waals surface area contributed by atoms with Crippen LogP contribution in [0.5, 0.6) is 5.75 Å². The molecule has 3 heterocycles. The third-order valence-corrected chi connectivity index (χ3v) is 6.97. The standard InChI is InChI=1S/C29H32N2O3/c32-29(28-18-17-26(34-28)14-11-22-7-2-1-3-8-22)30-24-12-15-25(16-13-24)33-21-23-9-6-20-31-19-5-4-10-27(23)31/h1-3,7-8,12-13,15-16,18,23,26-27H,4-6,9-10,17,19-21H2,(H,30,32)/t23-,26?,27+/m0/s1. The Balaban J connectivity index is 1.09. The number of carbonyl (C=O) groups excluding carboxylic acids is 1. The van der Waals surface area contributed by atoms with Crippen LogP contribution in [0.25, 0.3) is 0 Å². The third kappa shape index (κ3) is 5.63. The average molecular weight is 457 g/mol. The van der Waals surface area contributed by atoms with Crippen molar-refractivity contribution in [3.63, 3.8) is 0 Å². The lowest BCUT2D eigenvalue weighted by Gasteiger charge is -2.44. The highest BCUT2D eigenvalue weighted by molar-refractivity contribution is 6.02. The zero-order valence-corrected chi connectivity index (χ0v) is 19.5. The van der Waals surface area contributed by atoms with E-state index in [1.165, 1.54) is 45.2 Å². The zero-order valence-electron chi connectivity index (χ0n) is 19.5. The molecule has 0 bridgehead atoms. The van der Waals surface area contributed by atoms with Gasteiger partial charge in [-0.05, 0) is 81.2 Å². The van der Waals surface area contributed by atoms with E-state index in [-0.39, 0.29) is 12.0 Å². The molecule has 1 unspecified atom stereocenters. The van der Waals surface area contributed by atoms with Crippen LogP contribution in [0.4, 0.5) is 5.69 Å². The minimum absolute atomic E-state index is 0.253. The zero-order chi connectivity index (χ0) is 23.2. The molecule has 0 saturated carbocycles. The van der Waals surface area contributed by atoms with Gasteiger partial charge in [0.1, 0.15) is 5.75 Å². The van der Waals surface area contributed by atoms with Crippen LogP contribution in [-0.2, 0) is 9.53 Å². The number of fused-ring (bicyclic) bond motifs is 1. The molecule has 3 atom stereocenters. The van der Waals surface area contributed by atoms with Crippen LogP contribution >= 0.6 is 0 Å². The molecule has 2 aromatic carbocycles. The van der Waals surface area contributed by atoms with E-state index >= 15 is 0 Å². The second-order valence-electron chi connectivity index (χ2n) is 9.34. The second kappa shape index (κ2) is 10.8. The Morgan fingerprint density at radius 1 is 1.03 bits per heavy atom. The lowest BCUT2D eigenvalue weighted by atomic mass is 9.84. The molecule has 176 valence electrons. The topological polar surface area (TPSA) is 50.8 Å². The molecule has 1 N–H and O–H groups in total. The number of nitrogens with one attached hydrogen (secondary N) is 1. The molecule has 5 nitrogen and oxygen atoms in total. The van der Waals surface area contributed by atoms with Gasteiger partial charge in [0.05, 0.1) is 6.61 Å². The lowest BCUT2D eigenvalue weighted by Crippen LogP contribution is -2.49. The Bertz CT molecular complexity index is 1070. The molecule has 5 heteroatoms. The van der Waals surface area contributed by atoms with Crippen molar-refractivity contribution in [2.24, 2.45) is 5.92 Å². The van der Waals surface area contributed by atoms with Gasteiger partial charge in [-0.2, -0.15) is 0 Å². The largest absolute Gasteiger partial charge is 0.493 e. The van der Waals surface area contributed by atoms with E-state index in [4.69, 9.17) is 9.47 Å². The van der Waals surface area contributed by atoms with Crippen molar-refractivity contribution in [3.8, 4) is 17.6 Å². The molecule has 2 saturated heterocycles. The highest BCUT2D eigenvalue weighted by Crippen LogP contribution is 2.31. The van der Waals surface area contributed by atoms with Crippen molar-refractivity contribution in [2.45, 2.75) is 50.7 Å². The van der Waals surface area contributed by atoms with E-state index in [0.29, 0.717) is 24.1 Å². The van der Waals surface area contributed by atoms with E-state index in [1.807, 2.05) is 54.6 Å². The SMILES string of the molecule is O=C(Nc1ccc(OC[C@@H]2CCCN3CCCC[C@H]23)cc1)C1=CCC(C#Cc2ccccc2)O1. The number of piperidine rings is 2. The number of hydrogen-bond donors (Lipinski definition) is 1. The Morgan fingerprint density at radius 2 is 1.85 bits per heavy atom. The van der Waals surface area contributed by atoms with Crippen LogP contribution in [-0.4, -0.2) is 42.6 Å². The Hall–Kier alpha value is -3.23. The maximum absolute atomic E-state index is 12.6. The molecule has 2 aromatic rings. The van der Waals surface area contributed by atoms with Crippen LogP contribution < -0.4 is 10.1 Å². The van der Waals surface area contributed by atoms with E-state index in [9.17, 15) is 4.79 Å². The number of anilines is 1. The monoisotopic (exact) mass is 456 g/mol. The summed E-state index contributed by atoms with van der Waals surface area (Å²) in [6, 6.07) is 18.1. The van der Waals surface area contributed by atoms with Crippen molar-refractivity contribution in [1.82, 2.24) is 4.90 Å². The summed E-state index contributed by atoms with van der Waals surface area (Å²) in [4.78, 5) is 15.3. The molecular formula is C29H32N2O3. The molecule has 3 aliphatic rings. The summed E-state index contributed by atoms with van der Waals surface area (Å²) in [6.07, 6.45) is 8.61. The number of rotatable bonds is 5. The van der Waals surface area contributed by atoms with Crippen molar-refractivity contribution in [3.05, 3.63) is 72.0 Å². The maximum atomic E-state index is 12.6. The average Bonchev–Trinajstić information content (AvgIpc) is 3.37. The number of ether oxygens (including phenoxy) is 2. The molecule has 34 heavy (non-hydrogen) atoms. The molecule has 0 radical (unpaired) electrons. The van der Waals surface area contributed by atoms with Gasteiger partial charge < -0.3 is 14.8 Å². The first-order chi connectivity index (χ1) is 16.7. The molecule has 2 fully saturated rings. The number of hydrogen-bond acceptors (Lipinski definition) is 4. The predicted molar refractivity (Wildman–Crippen MR) is 133 cm³/mol. The van der Waals surface area contributed by atoms with Gasteiger partial charge in [0, 0.05) is 29.6 Å². The van der Waals surface area contributed by atoms with Crippen LogP contribution in [0.2, 0.25) is 0 Å². The number of amides is 1. The van der Waals surface area contributed by atoms with E-state index in [1.54, 1.807) is 6.08 Å². The highest BCUT2D eigenvalue weighted by Gasteiger charge is 2.33. The van der Waals surface area contributed by atoms with Gasteiger partial charge in [-0.1, -0.05) is 36.5 Å². The van der Waals surface area contributed by atoms with Gasteiger partial charge in [-0.15, -0.1) is 0 Å². The molecular weight excluding hydrogens is 424 g/mol. The summed E-state index contributed by atoms with van der Waals surface area (Å²) in [5, 5.41) is 2.91. The first kappa shape index (κ1) is 22.6. The van der Waals surface area contributed by atoms with E-state index in [2.05, 4.69) is 22.1 Å². The molecule has 0 spiro atoms. The van der Waals surface area contributed by atoms with Crippen LogP contribution in [0, 0.1) is 17.8 Å². The number of carbonyl (C=O) groups is 1. The van der Waals surface area contributed by atoms with Crippen LogP contribution in [0.1, 0.15) is 44.1 Å². The van der Waals surface area contributed by atoms with Gasteiger partial charge in [-0.25, -0.2) is 0 Å². The maximum Gasteiger partial charge on any atom is 0.290 e.